The molecule has 0 spiro atoms. The molecule has 3 aromatic rings. The van der Waals surface area contributed by atoms with E-state index in [0.29, 0.717) is 0 Å². The van der Waals surface area contributed by atoms with Crippen LogP contribution in [-0.2, 0) is 7.05 Å². The Kier molecular flexibility index (Phi) is 1.51. The van der Waals surface area contributed by atoms with Gasteiger partial charge in [-0.2, -0.15) is 0 Å². The number of aryl methyl sites for hydroxylation is 1. The molecule has 3 nitrogen and oxygen atoms in total. The summed E-state index contributed by atoms with van der Waals surface area (Å²) in [6.07, 6.45) is 1.89. The van der Waals surface area contributed by atoms with Crippen LogP contribution in [0.2, 0.25) is 0 Å². The fraction of sp³-hybridized carbons (Fsp3) is 0.0833. The average Bonchev–Trinajstić information content (AvgIpc) is 2.75. The maximum Gasteiger partial charge on any atom is 0.213 e. The standard InChI is InChI=1S/C12H10N2O/c1-13-10-6-3-2-5-9(10)12(15)11-7-4-8-14(11)13/h2-8H,1H3. The highest BCUT2D eigenvalue weighted by molar-refractivity contribution is 5.82. The molecule has 2 heterocycles. The lowest BCUT2D eigenvalue weighted by atomic mass is 10.2. The molecule has 0 unspecified atom stereocenters. The quantitative estimate of drug-likeness (QED) is 0.541. The molecular weight excluding hydrogens is 188 g/mol. The minimum absolute atomic E-state index is 0.0914. The van der Waals surface area contributed by atoms with Gasteiger partial charge in [0.05, 0.1) is 5.52 Å². The van der Waals surface area contributed by atoms with Crippen molar-refractivity contribution in [1.29, 1.82) is 0 Å². The predicted molar refractivity (Wildman–Crippen MR) is 60.1 cm³/mol. The molecule has 0 aliphatic rings. The largest absolute Gasteiger partial charge is 0.287 e. The molecule has 0 aliphatic carbocycles. The van der Waals surface area contributed by atoms with E-state index in [-0.39, 0.29) is 5.43 Å². The minimum Gasteiger partial charge on any atom is -0.287 e. The second-order valence-corrected chi connectivity index (χ2v) is 3.61. The fourth-order valence-electron chi connectivity index (χ4n) is 2.02. The van der Waals surface area contributed by atoms with Crippen molar-refractivity contribution < 1.29 is 0 Å². The van der Waals surface area contributed by atoms with E-state index in [1.54, 1.807) is 0 Å². The maximum atomic E-state index is 12.1. The number of fused-ring (bicyclic) bond motifs is 2. The van der Waals surface area contributed by atoms with E-state index in [4.69, 9.17) is 0 Å². The number of nitrogens with zero attached hydrogens (tertiary/aromatic N) is 2. The molecule has 74 valence electrons. The zero-order chi connectivity index (χ0) is 10.4. The number of aromatic nitrogens is 2. The van der Waals surface area contributed by atoms with Crippen molar-refractivity contribution in [2.75, 3.05) is 0 Å². The molecule has 0 aliphatic heterocycles. The van der Waals surface area contributed by atoms with Crippen molar-refractivity contribution in [3.8, 4) is 0 Å². The van der Waals surface area contributed by atoms with Gasteiger partial charge in [-0.15, -0.1) is 0 Å². The molecule has 3 rings (SSSR count). The Hall–Kier alpha value is -2.03. The predicted octanol–water partition coefficient (Wildman–Crippen LogP) is 1.79. The number of para-hydroxylation sites is 1. The number of hydrogen-bond acceptors (Lipinski definition) is 1. The molecule has 0 N–H and O–H groups in total. The summed E-state index contributed by atoms with van der Waals surface area (Å²) in [5.41, 5.74) is 1.76. The molecule has 0 amide bonds. The molecule has 0 saturated carbocycles. The number of benzene rings is 1. The third-order valence-electron chi connectivity index (χ3n) is 2.78. The van der Waals surface area contributed by atoms with Crippen molar-refractivity contribution in [3.63, 3.8) is 0 Å². The van der Waals surface area contributed by atoms with Gasteiger partial charge in [-0.3, -0.25) is 14.0 Å². The lowest BCUT2D eigenvalue weighted by molar-refractivity contribution is 0.719. The zero-order valence-electron chi connectivity index (χ0n) is 8.34. The van der Waals surface area contributed by atoms with Gasteiger partial charge in [-0.05, 0) is 24.3 Å². The van der Waals surface area contributed by atoms with Crippen LogP contribution in [0, 0.1) is 0 Å². The SMILES string of the molecule is Cn1c2ccccc2c(=O)c2cccn21. The van der Waals surface area contributed by atoms with Crippen LogP contribution in [0.15, 0.2) is 47.4 Å². The second kappa shape index (κ2) is 2.73. The van der Waals surface area contributed by atoms with E-state index in [2.05, 4.69) is 0 Å². The molecule has 1 aromatic carbocycles. The summed E-state index contributed by atoms with van der Waals surface area (Å²) in [5, 5.41) is 0.770. The molecule has 0 bridgehead atoms. The maximum absolute atomic E-state index is 12.1. The van der Waals surface area contributed by atoms with Crippen molar-refractivity contribution in [1.82, 2.24) is 9.20 Å². The molecule has 0 atom stereocenters. The Balaban J connectivity index is 2.76. The first-order valence-corrected chi connectivity index (χ1v) is 4.84. The van der Waals surface area contributed by atoms with Crippen LogP contribution in [0.5, 0.6) is 0 Å². The Bertz CT molecular complexity index is 706. The van der Waals surface area contributed by atoms with Crippen molar-refractivity contribution in [2.24, 2.45) is 7.05 Å². The van der Waals surface area contributed by atoms with Gasteiger partial charge in [-0.25, -0.2) is 0 Å². The number of hydrogen-bond donors (Lipinski definition) is 0. The molecule has 0 radical (unpaired) electrons. The van der Waals surface area contributed by atoms with E-state index in [1.165, 1.54) is 0 Å². The number of rotatable bonds is 0. The molecule has 2 aromatic heterocycles. The van der Waals surface area contributed by atoms with Crippen LogP contribution in [0.25, 0.3) is 16.4 Å². The van der Waals surface area contributed by atoms with Crippen molar-refractivity contribution in [3.05, 3.63) is 52.8 Å². The van der Waals surface area contributed by atoms with Gasteiger partial charge in [0.1, 0.15) is 5.52 Å². The Labute approximate surface area is 86.2 Å². The summed E-state index contributed by atoms with van der Waals surface area (Å²) in [5.74, 6) is 0. The first-order valence-electron chi connectivity index (χ1n) is 4.84. The van der Waals surface area contributed by atoms with E-state index >= 15 is 0 Å². The second-order valence-electron chi connectivity index (χ2n) is 3.61. The van der Waals surface area contributed by atoms with Crippen LogP contribution in [0.1, 0.15) is 0 Å². The van der Waals surface area contributed by atoms with Crippen molar-refractivity contribution in [2.45, 2.75) is 0 Å². The first kappa shape index (κ1) is 8.29. The molecule has 15 heavy (non-hydrogen) atoms. The third kappa shape index (κ3) is 0.973. The summed E-state index contributed by atoms with van der Waals surface area (Å²) in [4.78, 5) is 12.1. The summed E-state index contributed by atoms with van der Waals surface area (Å²) >= 11 is 0. The molecule has 0 fully saturated rings. The normalized spacial score (nSPS) is 11.3. The summed E-state index contributed by atoms with van der Waals surface area (Å²) in [7, 11) is 1.95. The van der Waals surface area contributed by atoms with Gasteiger partial charge in [-0.1, -0.05) is 12.1 Å². The van der Waals surface area contributed by atoms with E-state index in [9.17, 15) is 4.79 Å². The van der Waals surface area contributed by atoms with Crippen LogP contribution in [-0.4, -0.2) is 9.20 Å². The smallest absolute Gasteiger partial charge is 0.213 e. The third-order valence-corrected chi connectivity index (χ3v) is 2.78. The van der Waals surface area contributed by atoms with Crippen LogP contribution >= 0.6 is 0 Å². The van der Waals surface area contributed by atoms with E-state index in [1.807, 2.05) is 58.8 Å². The Morgan fingerprint density at radius 3 is 2.60 bits per heavy atom. The van der Waals surface area contributed by atoms with Gasteiger partial charge in [0.15, 0.2) is 0 Å². The van der Waals surface area contributed by atoms with Crippen LogP contribution in [0.3, 0.4) is 0 Å². The summed E-state index contributed by atoms with van der Waals surface area (Å²) in [6, 6.07) is 11.4. The molecular formula is C12H10N2O. The highest BCUT2D eigenvalue weighted by Gasteiger charge is 2.06. The highest BCUT2D eigenvalue weighted by atomic mass is 16.1. The van der Waals surface area contributed by atoms with Crippen molar-refractivity contribution >= 4 is 16.4 Å². The van der Waals surface area contributed by atoms with Gasteiger partial charge in [0, 0.05) is 18.6 Å². The minimum atomic E-state index is 0.0914. The lowest BCUT2D eigenvalue weighted by Gasteiger charge is -2.08. The lowest BCUT2D eigenvalue weighted by Crippen LogP contribution is -2.14. The van der Waals surface area contributed by atoms with Gasteiger partial charge in [0.2, 0.25) is 5.43 Å². The molecule has 3 heteroatoms. The highest BCUT2D eigenvalue weighted by Crippen LogP contribution is 2.11. The Morgan fingerprint density at radius 1 is 1.00 bits per heavy atom. The summed E-state index contributed by atoms with van der Waals surface area (Å²) in [6.45, 7) is 0. The van der Waals surface area contributed by atoms with E-state index < -0.39 is 0 Å². The fourth-order valence-corrected chi connectivity index (χ4v) is 2.02. The summed E-state index contributed by atoms with van der Waals surface area (Å²) < 4.78 is 3.84. The van der Waals surface area contributed by atoms with Gasteiger partial charge >= 0.3 is 0 Å². The first-order chi connectivity index (χ1) is 7.29. The molecule has 0 saturated heterocycles. The average molecular weight is 198 g/mol. The van der Waals surface area contributed by atoms with E-state index in [0.717, 1.165) is 16.4 Å². The topological polar surface area (TPSA) is 26.4 Å². The zero-order valence-corrected chi connectivity index (χ0v) is 8.34. The van der Waals surface area contributed by atoms with Gasteiger partial charge in [0.25, 0.3) is 0 Å². The Morgan fingerprint density at radius 2 is 1.73 bits per heavy atom. The van der Waals surface area contributed by atoms with Gasteiger partial charge < -0.3 is 0 Å². The van der Waals surface area contributed by atoms with Crippen LogP contribution in [0.4, 0.5) is 0 Å². The monoisotopic (exact) mass is 198 g/mol. The van der Waals surface area contributed by atoms with Crippen LogP contribution < -0.4 is 5.43 Å².